The normalized spacial score (nSPS) is 21.9. The van der Waals surface area contributed by atoms with Gasteiger partial charge >= 0.3 is 6.36 Å². The molecule has 2 N–H and O–H groups in total. The number of aliphatic hydroxyl groups excluding tert-OH is 1. The van der Waals surface area contributed by atoms with Gasteiger partial charge in [-0.1, -0.05) is 12.1 Å². The fourth-order valence-electron chi connectivity index (χ4n) is 2.11. The molecule has 2 unspecified atom stereocenters. The summed E-state index contributed by atoms with van der Waals surface area (Å²) in [4.78, 5) is 0. The van der Waals surface area contributed by atoms with Crippen molar-refractivity contribution in [2.24, 2.45) is 0 Å². The first-order chi connectivity index (χ1) is 8.46. The number of alkyl halides is 3. The molecule has 2 rings (SSSR count). The first-order valence-electron chi connectivity index (χ1n) is 5.73. The van der Waals surface area contributed by atoms with E-state index in [4.69, 9.17) is 0 Å². The molecule has 1 aliphatic rings. The summed E-state index contributed by atoms with van der Waals surface area (Å²) in [5, 5.41) is 13.2. The van der Waals surface area contributed by atoms with Crippen molar-refractivity contribution in [2.45, 2.75) is 31.3 Å². The molecule has 1 aliphatic heterocycles. The second kappa shape index (κ2) is 5.16. The highest BCUT2D eigenvalue weighted by Gasteiger charge is 2.31. The minimum Gasteiger partial charge on any atom is -0.406 e. The minimum atomic E-state index is -4.71. The first kappa shape index (κ1) is 13.2. The Balaban J connectivity index is 2.11. The Morgan fingerprint density at radius 1 is 1.39 bits per heavy atom. The van der Waals surface area contributed by atoms with Crippen molar-refractivity contribution in [1.29, 1.82) is 0 Å². The zero-order valence-corrected chi connectivity index (χ0v) is 9.57. The Kier molecular flexibility index (Phi) is 3.77. The smallest absolute Gasteiger partial charge is 0.406 e. The molecular formula is C12H14F3NO2. The SMILES string of the molecule is OC(c1cccc(OC(F)(F)F)c1)C1CCCN1. The maximum absolute atomic E-state index is 12.1. The van der Waals surface area contributed by atoms with Crippen molar-refractivity contribution in [3.05, 3.63) is 29.8 Å². The van der Waals surface area contributed by atoms with Crippen LogP contribution in [0.2, 0.25) is 0 Å². The molecule has 0 radical (unpaired) electrons. The Bertz CT molecular complexity index is 403. The van der Waals surface area contributed by atoms with E-state index in [1.807, 2.05) is 0 Å². The van der Waals surface area contributed by atoms with Crippen LogP contribution in [0.4, 0.5) is 13.2 Å². The molecule has 0 spiro atoms. The van der Waals surface area contributed by atoms with Gasteiger partial charge in [0.25, 0.3) is 0 Å². The van der Waals surface area contributed by atoms with Crippen LogP contribution < -0.4 is 10.1 Å². The zero-order chi connectivity index (χ0) is 13.2. The number of ether oxygens (including phenoxy) is 1. The van der Waals surface area contributed by atoms with Crippen molar-refractivity contribution >= 4 is 0 Å². The van der Waals surface area contributed by atoms with Gasteiger partial charge in [-0.2, -0.15) is 0 Å². The van der Waals surface area contributed by atoms with Crippen molar-refractivity contribution in [2.75, 3.05) is 6.54 Å². The van der Waals surface area contributed by atoms with E-state index in [0.717, 1.165) is 19.4 Å². The lowest BCUT2D eigenvalue weighted by Crippen LogP contribution is -2.28. The molecule has 6 heteroatoms. The topological polar surface area (TPSA) is 41.5 Å². The lowest BCUT2D eigenvalue weighted by molar-refractivity contribution is -0.274. The van der Waals surface area contributed by atoms with Gasteiger partial charge in [0.05, 0.1) is 6.10 Å². The molecule has 18 heavy (non-hydrogen) atoms. The lowest BCUT2D eigenvalue weighted by Gasteiger charge is -2.19. The molecule has 0 aromatic heterocycles. The number of aliphatic hydroxyl groups is 1. The first-order valence-corrected chi connectivity index (χ1v) is 5.73. The molecule has 0 saturated carbocycles. The van der Waals surface area contributed by atoms with Gasteiger partial charge in [0.15, 0.2) is 0 Å². The number of rotatable bonds is 3. The summed E-state index contributed by atoms with van der Waals surface area (Å²) in [6, 6.07) is 5.36. The average Bonchev–Trinajstić information content (AvgIpc) is 2.79. The van der Waals surface area contributed by atoms with Crippen LogP contribution in [0.5, 0.6) is 5.75 Å². The van der Waals surface area contributed by atoms with E-state index in [1.165, 1.54) is 18.2 Å². The fourth-order valence-corrected chi connectivity index (χ4v) is 2.11. The van der Waals surface area contributed by atoms with Gasteiger partial charge in [-0.25, -0.2) is 0 Å². The minimum absolute atomic E-state index is 0.105. The van der Waals surface area contributed by atoms with Gasteiger partial charge in [-0.15, -0.1) is 13.2 Å². The summed E-state index contributed by atoms with van der Waals surface area (Å²) in [7, 11) is 0. The van der Waals surface area contributed by atoms with Crippen molar-refractivity contribution in [3.8, 4) is 5.75 Å². The van der Waals surface area contributed by atoms with Crippen LogP contribution in [0.15, 0.2) is 24.3 Å². The van der Waals surface area contributed by atoms with Crippen LogP contribution >= 0.6 is 0 Å². The predicted molar refractivity (Wildman–Crippen MR) is 59.1 cm³/mol. The third-order valence-electron chi connectivity index (χ3n) is 2.91. The Morgan fingerprint density at radius 2 is 2.17 bits per heavy atom. The summed E-state index contributed by atoms with van der Waals surface area (Å²) in [6.45, 7) is 0.820. The zero-order valence-electron chi connectivity index (χ0n) is 9.57. The Morgan fingerprint density at radius 3 is 2.78 bits per heavy atom. The fraction of sp³-hybridized carbons (Fsp3) is 0.500. The second-order valence-electron chi connectivity index (χ2n) is 4.27. The summed E-state index contributed by atoms with van der Waals surface area (Å²) >= 11 is 0. The summed E-state index contributed by atoms with van der Waals surface area (Å²) in [5.41, 5.74) is 0.427. The number of hydrogen-bond donors (Lipinski definition) is 2. The van der Waals surface area contributed by atoms with E-state index in [-0.39, 0.29) is 11.8 Å². The largest absolute Gasteiger partial charge is 0.573 e. The molecule has 100 valence electrons. The molecule has 1 aromatic carbocycles. The van der Waals surface area contributed by atoms with Crippen molar-refractivity contribution < 1.29 is 23.0 Å². The molecule has 1 aromatic rings. The van der Waals surface area contributed by atoms with Crippen LogP contribution in [-0.2, 0) is 0 Å². The lowest BCUT2D eigenvalue weighted by atomic mass is 10.0. The highest BCUT2D eigenvalue weighted by molar-refractivity contribution is 5.30. The van der Waals surface area contributed by atoms with Crippen molar-refractivity contribution in [1.82, 2.24) is 5.32 Å². The summed E-state index contributed by atoms with van der Waals surface area (Å²) in [6.07, 6.45) is -3.76. The predicted octanol–water partition coefficient (Wildman–Crippen LogP) is 2.37. The van der Waals surface area contributed by atoms with Crippen LogP contribution in [0.25, 0.3) is 0 Å². The van der Waals surface area contributed by atoms with Crippen LogP contribution in [0.3, 0.4) is 0 Å². The molecule has 0 amide bonds. The Labute approximate surface area is 103 Å². The number of nitrogens with one attached hydrogen (secondary N) is 1. The average molecular weight is 261 g/mol. The number of halogens is 3. The van der Waals surface area contributed by atoms with E-state index in [1.54, 1.807) is 6.07 Å². The molecule has 3 nitrogen and oxygen atoms in total. The number of hydrogen-bond acceptors (Lipinski definition) is 3. The highest BCUT2D eigenvalue weighted by atomic mass is 19.4. The monoisotopic (exact) mass is 261 g/mol. The highest BCUT2D eigenvalue weighted by Crippen LogP contribution is 2.28. The standard InChI is InChI=1S/C12H14F3NO2/c13-12(14,15)18-9-4-1-3-8(7-9)11(17)10-5-2-6-16-10/h1,3-4,7,10-11,16-17H,2,5-6H2. The van der Waals surface area contributed by atoms with Gasteiger partial charge in [0, 0.05) is 6.04 Å². The third kappa shape index (κ3) is 3.36. The van der Waals surface area contributed by atoms with Crippen molar-refractivity contribution in [3.63, 3.8) is 0 Å². The van der Waals surface area contributed by atoms with E-state index in [0.29, 0.717) is 5.56 Å². The molecule has 1 heterocycles. The van der Waals surface area contributed by atoms with Gasteiger partial charge in [-0.05, 0) is 37.1 Å². The van der Waals surface area contributed by atoms with Gasteiger partial charge in [-0.3, -0.25) is 0 Å². The molecule has 2 atom stereocenters. The van der Waals surface area contributed by atoms with E-state index in [2.05, 4.69) is 10.1 Å². The van der Waals surface area contributed by atoms with E-state index in [9.17, 15) is 18.3 Å². The van der Waals surface area contributed by atoms with E-state index >= 15 is 0 Å². The van der Waals surface area contributed by atoms with Crippen LogP contribution in [0.1, 0.15) is 24.5 Å². The van der Waals surface area contributed by atoms with Crippen LogP contribution in [-0.4, -0.2) is 24.1 Å². The maximum Gasteiger partial charge on any atom is 0.573 e. The quantitative estimate of drug-likeness (QED) is 0.877. The van der Waals surface area contributed by atoms with Gasteiger partial charge < -0.3 is 15.2 Å². The Hall–Kier alpha value is -1.27. The molecule has 0 bridgehead atoms. The molecule has 0 aliphatic carbocycles. The molecular weight excluding hydrogens is 247 g/mol. The van der Waals surface area contributed by atoms with Gasteiger partial charge in [0.2, 0.25) is 0 Å². The van der Waals surface area contributed by atoms with E-state index < -0.39 is 12.5 Å². The van der Waals surface area contributed by atoms with Gasteiger partial charge in [0.1, 0.15) is 5.75 Å². The maximum atomic E-state index is 12.1. The third-order valence-corrected chi connectivity index (χ3v) is 2.91. The molecule has 1 fully saturated rings. The van der Waals surface area contributed by atoms with Crippen LogP contribution in [0, 0.1) is 0 Å². The molecule has 1 saturated heterocycles. The number of benzene rings is 1. The summed E-state index contributed by atoms with van der Waals surface area (Å²) < 4.78 is 40.1. The summed E-state index contributed by atoms with van der Waals surface area (Å²) in [5.74, 6) is -0.308. The second-order valence-corrected chi connectivity index (χ2v) is 4.27.